The summed E-state index contributed by atoms with van der Waals surface area (Å²) in [6.07, 6.45) is 2.01. The number of hydrogen-bond acceptors (Lipinski definition) is 4. The lowest BCUT2D eigenvalue weighted by Gasteiger charge is -2.15. The molecule has 0 saturated heterocycles. The minimum Gasteiger partial charge on any atom is -0.507 e. The Morgan fingerprint density at radius 1 is 1.40 bits per heavy atom. The zero-order valence-electron chi connectivity index (χ0n) is 11.2. The number of amides is 1. The molecule has 1 saturated carbocycles. The van der Waals surface area contributed by atoms with Gasteiger partial charge in [0.25, 0.3) is 0 Å². The van der Waals surface area contributed by atoms with Gasteiger partial charge in [-0.15, -0.1) is 0 Å². The average molecular weight is 280 g/mol. The molecule has 0 unspecified atom stereocenters. The summed E-state index contributed by atoms with van der Waals surface area (Å²) in [6, 6.07) is 3.50. The number of nitrogens with one attached hydrogen (secondary N) is 1. The number of carbonyl (C=O) groups excluding carboxylic acids is 2. The van der Waals surface area contributed by atoms with Gasteiger partial charge in [0.05, 0.1) is 18.7 Å². The van der Waals surface area contributed by atoms with E-state index in [4.69, 9.17) is 0 Å². The lowest BCUT2D eigenvalue weighted by molar-refractivity contribution is -0.121. The summed E-state index contributed by atoms with van der Waals surface area (Å²) in [5, 5.41) is 12.4. The van der Waals surface area contributed by atoms with Crippen LogP contribution in [0.2, 0.25) is 0 Å². The average Bonchev–Trinajstić information content (AvgIpc) is 3.15. The van der Waals surface area contributed by atoms with Gasteiger partial charge < -0.3 is 10.4 Å². The molecular weight excluding hydrogens is 263 g/mol. The Morgan fingerprint density at radius 3 is 2.75 bits per heavy atom. The Labute approximate surface area is 116 Å². The summed E-state index contributed by atoms with van der Waals surface area (Å²) in [5.41, 5.74) is -0.0700. The lowest BCUT2D eigenvalue weighted by atomic mass is 10.1. The predicted molar refractivity (Wildman–Crippen MR) is 71.1 cm³/mol. The zero-order chi connectivity index (χ0) is 14.7. The molecule has 2 N–H and O–H groups in total. The van der Waals surface area contributed by atoms with E-state index < -0.39 is 11.6 Å². The van der Waals surface area contributed by atoms with Gasteiger partial charge in [-0.2, -0.15) is 0 Å². The van der Waals surface area contributed by atoms with Gasteiger partial charge in [-0.05, 0) is 38.1 Å². The first-order chi connectivity index (χ1) is 9.45. The van der Waals surface area contributed by atoms with E-state index in [1.807, 2.05) is 0 Å². The maximum absolute atomic E-state index is 13.1. The van der Waals surface area contributed by atoms with Crippen LogP contribution in [-0.4, -0.2) is 47.9 Å². The highest BCUT2D eigenvalue weighted by atomic mass is 19.1. The summed E-state index contributed by atoms with van der Waals surface area (Å²) < 4.78 is 13.1. The summed E-state index contributed by atoms with van der Waals surface area (Å²) in [7, 11) is 1.63. The Balaban J connectivity index is 1.89. The van der Waals surface area contributed by atoms with E-state index in [0.717, 1.165) is 31.0 Å². The van der Waals surface area contributed by atoms with Crippen molar-refractivity contribution < 1.29 is 19.1 Å². The number of hydrogen-bond donors (Lipinski definition) is 2. The van der Waals surface area contributed by atoms with Crippen LogP contribution in [-0.2, 0) is 4.79 Å². The van der Waals surface area contributed by atoms with Crippen molar-refractivity contribution in [2.75, 3.05) is 20.1 Å². The molecule has 0 radical (unpaired) electrons. The number of carbonyl (C=O) groups is 2. The molecule has 0 aromatic heterocycles. The van der Waals surface area contributed by atoms with Crippen molar-refractivity contribution in [2.24, 2.45) is 0 Å². The van der Waals surface area contributed by atoms with E-state index in [-0.39, 0.29) is 36.4 Å². The highest BCUT2D eigenvalue weighted by Crippen LogP contribution is 2.19. The third-order valence-corrected chi connectivity index (χ3v) is 3.03. The molecule has 1 fully saturated rings. The Morgan fingerprint density at radius 2 is 2.10 bits per heavy atom. The van der Waals surface area contributed by atoms with Crippen LogP contribution in [0.3, 0.4) is 0 Å². The maximum Gasteiger partial charge on any atom is 0.234 e. The minimum absolute atomic E-state index is 0.0604. The molecule has 1 aromatic carbocycles. The van der Waals surface area contributed by atoms with Crippen molar-refractivity contribution in [3.63, 3.8) is 0 Å². The van der Waals surface area contributed by atoms with Crippen molar-refractivity contribution in [3.8, 4) is 5.75 Å². The van der Waals surface area contributed by atoms with Crippen molar-refractivity contribution in [1.29, 1.82) is 0 Å². The fourth-order valence-corrected chi connectivity index (χ4v) is 1.86. The number of likely N-dealkylation sites (N-methyl/N-ethyl adjacent to an activating group) is 1. The first kappa shape index (κ1) is 14.5. The van der Waals surface area contributed by atoms with E-state index in [1.165, 1.54) is 4.90 Å². The van der Waals surface area contributed by atoms with Crippen LogP contribution in [0, 0.1) is 5.82 Å². The van der Waals surface area contributed by atoms with Crippen LogP contribution in [0.1, 0.15) is 23.2 Å². The molecule has 1 amide bonds. The highest BCUT2D eigenvalue weighted by molar-refractivity contribution is 6.00. The Bertz CT molecular complexity index is 529. The summed E-state index contributed by atoms with van der Waals surface area (Å²) >= 11 is 0. The molecule has 2 rings (SSSR count). The monoisotopic (exact) mass is 280 g/mol. The van der Waals surface area contributed by atoms with Gasteiger partial charge in [0.2, 0.25) is 5.91 Å². The minimum atomic E-state index is -0.583. The van der Waals surface area contributed by atoms with Crippen molar-refractivity contribution in [3.05, 3.63) is 29.6 Å². The quantitative estimate of drug-likeness (QED) is 0.760. The number of rotatable bonds is 6. The van der Waals surface area contributed by atoms with Gasteiger partial charge in [0.1, 0.15) is 11.6 Å². The predicted octanol–water partition coefficient (Wildman–Crippen LogP) is 0.924. The number of aromatic hydroxyl groups is 1. The fraction of sp³-hybridized carbons (Fsp3) is 0.429. The topological polar surface area (TPSA) is 69.6 Å². The Kier molecular flexibility index (Phi) is 4.34. The standard InChI is InChI=1S/C14H17FN2O3/c1-17(8-14(20)16-10-3-4-10)7-13(19)11-6-9(15)2-5-12(11)18/h2,5-6,10,18H,3-4,7-8H2,1H3,(H,16,20). The normalized spacial score (nSPS) is 14.3. The van der Waals surface area contributed by atoms with Gasteiger partial charge in [-0.3, -0.25) is 14.5 Å². The van der Waals surface area contributed by atoms with Gasteiger partial charge in [0.15, 0.2) is 5.78 Å². The molecule has 1 aliphatic carbocycles. The van der Waals surface area contributed by atoms with E-state index in [9.17, 15) is 19.1 Å². The van der Waals surface area contributed by atoms with E-state index in [1.54, 1.807) is 7.05 Å². The first-order valence-corrected chi connectivity index (χ1v) is 6.45. The van der Waals surface area contributed by atoms with Crippen molar-refractivity contribution in [1.82, 2.24) is 10.2 Å². The van der Waals surface area contributed by atoms with E-state index in [2.05, 4.69) is 5.32 Å². The third kappa shape index (κ3) is 4.03. The van der Waals surface area contributed by atoms with Crippen LogP contribution in [0.4, 0.5) is 4.39 Å². The molecule has 1 aromatic rings. The molecule has 0 atom stereocenters. The van der Waals surface area contributed by atoms with E-state index in [0.29, 0.717) is 0 Å². The second-order valence-electron chi connectivity index (χ2n) is 5.10. The second-order valence-corrected chi connectivity index (χ2v) is 5.10. The summed E-state index contributed by atoms with van der Waals surface area (Å²) in [4.78, 5) is 25.0. The smallest absolute Gasteiger partial charge is 0.234 e. The van der Waals surface area contributed by atoms with Crippen LogP contribution >= 0.6 is 0 Å². The number of Topliss-reactive ketones (excluding diaryl/α,β-unsaturated/α-hetero) is 1. The molecular formula is C14H17FN2O3. The largest absolute Gasteiger partial charge is 0.507 e. The van der Waals surface area contributed by atoms with Crippen LogP contribution < -0.4 is 5.32 Å². The SMILES string of the molecule is CN(CC(=O)NC1CC1)CC(=O)c1cc(F)ccc1O. The third-order valence-electron chi connectivity index (χ3n) is 3.03. The molecule has 0 aliphatic heterocycles. The number of nitrogens with zero attached hydrogens (tertiary/aromatic N) is 1. The lowest BCUT2D eigenvalue weighted by Crippen LogP contribution is -2.38. The number of ketones is 1. The van der Waals surface area contributed by atoms with Crippen LogP contribution in [0.25, 0.3) is 0 Å². The molecule has 5 nitrogen and oxygen atoms in total. The second kappa shape index (κ2) is 6.00. The first-order valence-electron chi connectivity index (χ1n) is 6.45. The van der Waals surface area contributed by atoms with Gasteiger partial charge >= 0.3 is 0 Å². The van der Waals surface area contributed by atoms with Gasteiger partial charge in [0, 0.05) is 6.04 Å². The molecule has 108 valence electrons. The molecule has 0 bridgehead atoms. The number of benzene rings is 1. The van der Waals surface area contributed by atoms with Crippen molar-refractivity contribution in [2.45, 2.75) is 18.9 Å². The fourth-order valence-electron chi connectivity index (χ4n) is 1.86. The Hall–Kier alpha value is -1.95. The van der Waals surface area contributed by atoms with E-state index >= 15 is 0 Å². The number of phenols is 1. The van der Waals surface area contributed by atoms with Gasteiger partial charge in [-0.1, -0.05) is 0 Å². The number of phenolic OH excluding ortho intramolecular Hbond substituents is 1. The molecule has 6 heteroatoms. The molecule has 1 aliphatic rings. The summed E-state index contributed by atoms with van der Waals surface area (Å²) in [5.74, 6) is -1.40. The van der Waals surface area contributed by atoms with Gasteiger partial charge in [-0.25, -0.2) is 4.39 Å². The highest BCUT2D eigenvalue weighted by Gasteiger charge is 2.24. The number of halogens is 1. The van der Waals surface area contributed by atoms with Crippen LogP contribution in [0.15, 0.2) is 18.2 Å². The molecule has 0 heterocycles. The maximum atomic E-state index is 13.1. The molecule has 0 spiro atoms. The van der Waals surface area contributed by atoms with Crippen molar-refractivity contribution >= 4 is 11.7 Å². The summed E-state index contributed by atoms with van der Waals surface area (Å²) in [6.45, 7) is 0.0351. The molecule has 20 heavy (non-hydrogen) atoms. The van der Waals surface area contributed by atoms with Crippen LogP contribution in [0.5, 0.6) is 5.75 Å². The zero-order valence-corrected chi connectivity index (χ0v) is 11.2.